The molecule has 0 aliphatic heterocycles. The van der Waals surface area contributed by atoms with E-state index in [0.29, 0.717) is 0 Å². The van der Waals surface area contributed by atoms with E-state index in [-0.39, 0.29) is 13.1 Å². The Bertz CT molecular complexity index is 508. The summed E-state index contributed by atoms with van der Waals surface area (Å²) in [6.45, 7) is -0.339. The van der Waals surface area contributed by atoms with Gasteiger partial charge in [-0.3, -0.25) is 19.1 Å². The average molecular weight is 208 g/mol. The molecule has 0 aromatic carbocycles. The Morgan fingerprint density at radius 1 is 1.60 bits per heavy atom. The van der Waals surface area contributed by atoms with Gasteiger partial charge in [0.2, 0.25) is 5.91 Å². The van der Waals surface area contributed by atoms with E-state index < -0.39 is 17.2 Å². The molecule has 0 saturated carbocycles. The van der Waals surface area contributed by atoms with Crippen molar-refractivity contribution in [3.05, 3.63) is 33.1 Å². The minimum absolute atomic E-state index is 0.114. The van der Waals surface area contributed by atoms with E-state index in [9.17, 15) is 14.4 Å². The van der Waals surface area contributed by atoms with Gasteiger partial charge in [-0.25, -0.2) is 4.79 Å². The van der Waals surface area contributed by atoms with Crippen molar-refractivity contribution in [2.75, 3.05) is 6.54 Å². The lowest BCUT2D eigenvalue weighted by atomic mass is 10.5. The predicted octanol–water partition coefficient (Wildman–Crippen LogP) is -1.82. The molecule has 0 fully saturated rings. The number of carbonyl (C=O) groups excluding carboxylic acids is 1. The van der Waals surface area contributed by atoms with Crippen molar-refractivity contribution < 1.29 is 4.79 Å². The molecule has 0 saturated heterocycles. The van der Waals surface area contributed by atoms with Crippen molar-refractivity contribution in [2.45, 2.75) is 6.54 Å². The third-order valence-corrected chi connectivity index (χ3v) is 1.58. The van der Waals surface area contributed by atoms with E-state index in [0.717, 1.165) is 10.6 Å². The number of aromatic amines is 1. The second-order valence-electron chi connectivity index (χ2n) is 2.67. The lowest BCUT2D eigenvalue weighted by molar-refractivity contribution is -0.121. The second kappa shape index (κ2) is 4.76. The maximum Gasteiger partial charge on any atom is 0.328 e. The minimum atomic E-state index is -0.658. The fraction of sp³-hybridized carbons (Fsp3) is 0.250. The topological polar surface area (TPSA) is 108 Å². The lowest BCUT2D eigenvalue weighted by Gasteiger charge is -2.03. The summed E-state index contributed by atoms with van der Waals surface area (Å²) in [4.78, 5) is 34.9. The number of hydrogen-bond acceptors (Lipinski definition) is 4. The largest absolute Gasteiger partial charge is 0.341 e. The number of nitriles is 1. The van der Waals surface area contributed by atoms with E-state index in [1.54, 1.807) is 6.07 Å². The van der Waals surface area contributed by atoms with Crippen LogP contribution >= 0.6 is 0 Å². The van der Waals surface area contributed by atoms with Crippen LogP contribution in [0.1, 0.15) is 0 Å². The van der Waals surface area contributed by atoms with Crippen LogP contribution in [0.25, 0.3) is 0 Å². The first-order valence-corrected chi connectivity index (χ1v) is 4.07. The van der Waals surface area contributed by atoms with Crippen LogP contribution in [-0.2, 0) is 11.3 Å². The SMILES string of the molecule is N#CCNC(=O)Cn1ccc(=O)[nH]c1=O. The molecule has 15 heavy (non-hydrogen) atoms. The molecule has 2 N–H and O–H groups in total. The Kier molecular flexibility index (Phi) is 3.40. The highest BCUT2D eigenvalue weighted by Crippen LogP contribution is 1.76. The third-order valence-electron chi connectivity index (χ3n) is 1.58. The molecule has 1 heterocycles. The molecule has 0 unspecified atom stereocenters. The Hall–Kier alpha value is -2.36. The van der Waals surface area contributed by atoms with E-state index in [4.69, 9.17) is 5.26 Å². The monoisotopic (exact) mass is 208 g/mol. The molecule has 1 aromatic rings. The van der Waals surface area contributed by atoms with Crippen molar-refractivity contribution in [1.82, 2.24) is 14.9 Å². The van der Waals surface area contributed by atoms with Crippen LogP contribution in [0.4, 0.5) is 0 Å². The van der Waals surface area contributed by atoms with Gasteiger partial charge >= 0.3 is 5.69 Å². The minimum Gasteiger partial charge on any atom is -0.341 e. The summed E-state index contributed by atoms with van der Waals surface area (Å²) >= 11 is 0. The molecule has 0 atom stereocenters. The molecule has 0 bridgehead atoms. The molecule has 1 aromatic heterocycles. The molecule has 78 valence electrons. The number of carbonyl (C=O) groups is 1. The summed E-state index contributed by atoms with van der Waals surface area (Å²) in [6.07, 6.45) is 1.22. The van der Waals surface area contributed by atoms with Gasteiger partial charge in [0.1, 0.15) is 13.1 Å². The van der Waals surface area contributed by atoms with Gasteiger partial charge in [0.25, 0.3) is 5.56 Å². The van der Waals surface area contributed by atoms with Crippen LogP contribution in [0, 0.1) is 11.3 Å². The van der Waals surface area contributed by atoms with Crippen LogP contribution in [-0.4, -0.2) is 22.0 Å². The highest BCUT2D eigenvalue weighted by molar-refractivity contribution is 5.75. The van der Waals surface area contributed by atoms with Crippen molar-refractivity contribution in [2.24, 2.45) is 0 Å². The average Bonchev–Trinajstić information content (AvgIpc) is 2.19. The zero-order valence-electron chi connectivity index (χ0n) is 7.69. The van der Waals surface area contributed by atoms with Gasteiger partial charge in [0, 0.05) is 12.3 Å². The quantitative estimate of drug-likeness (QED) is 0.570. The molecule has 0 aliphatic carbocycles. The third kappa shape index (κ3) is 3.11. The van der Waals surface area contributed by atoms with Crippen LogP contribution in [0.3, 0.4) is 0 Å². The first kappa shape index (κ1) is 10.7. The lowest BCUT2D eigenvalue weighted by Crippen LogP contribution is -2.35. The van der Waals surface area contributed by atoms with Crippen LogP contribution in [0.5, 0.6) is 0 Å². The number of amides is 1. The summed E-state index contributed by atoms with van der Waals surface area (Å²) in [5.74, 6) is -0.467. The highest BCUT2D eigenvalue weighted by atomic mass is 16.2. The first-order chi connectivity index (χ1) is 7.13. The Labute approximate surface area is 84.0 Å². The van der Waals surface area contributed by atoms with Gasteiger partial charge in [-0.05, 0) is 0 Å². The Morgan fingerprint density at radius 3 is 2.93 bits per heavy atom. The summed E-state index contributed by atoms with van der Waals surface area (Å²) in [6, 6.07) is 2.87. The van der Waals surface area contributed by atoms with Gasteiger partial charge in [-0.2, -0.15) is 5.26 Å². The fourth-order valence-electron chi connectivity index (χ4n) is 0.917. The van der Waals surface area contributed by atoms with Crippen molar-refractivity contribution in [3.8, 4) is 6.07 Å². The van der Waals surface area contributed by atoms with E-state index in [1.165, 1.54) is 6.20 Å². The molecule has 1 amide bonds. The number of hydrogen-bond donors (Lipinski definition) is 2. The summed E-state index contributed by atoms with van der Waals surface area (Å²) in [7, 11) is 0. The molecule has 7 nitrogen and oxygen atoms in total. The summed E-state index contributed by atoms with van der Waals surface area (Å²) < 4.78 is 1.04. The van der Waals surface area contributed by atoms with Crippen LogP contribution < -0.4 is 16.6 Å². The Morgan fingerprint density at radius 2 is 2.33 bits per heavy atom. The van der Waals surface area contributed by atoms with E-state index >= 15 is 0 Å². The molecular weight excluding hydrogens is 200 g/mol. The summed E-state index contributed by atoms with van der Waals surface area (Å²) in [5, 5.41) is 10.5. The summed E-state index contributed by atoms with van der Waals surface area (Å²) in [5.41, 5.74) is -1.18. The molecule has 0 radical (unpaired) electrons. The van der Waals surface area contributed by atoms with Crippen molar-refractivity contribution in [1.29, 1.82) is 5.26 Å². The number of rotatable bonds is 3. The van der Waals surface area contributed by atoms with E-state index in [2.05, 4.69) is 5.32 Å². The van der Waals surface area contributed by atoms with Crippen molar-refractivity contribution >= 4 is 5.91 Å². The molecule has 0 spiro atoms. The maximum atomic E-state index is 11.1. The zero-order valence-corrected chi connectivity index (χ0v) is 7.69. The van der Waals surface area contributed by atoms with Crippen molar-refractivity contribution in [3.63, 3.8) is 0 Å². The highest BCUT2D eigenvalue weighted by Gasteiger charge is 2.03. The number of nitrogens with zero attached hydrogens (tertiary/aromatic N) is 2. The standard InChI is InChI=1S/C8H8N4O3/c9-2-3-10-7(14)5-12-4-1-6(13)11-8(12)15/h1,4H,3,5H2,(H,10,14)(H,11,13,15). The number of H-pyrrole nitrogens is 1. The molecule has 7 heteroatoms. The zero-order chi connectivity index (χ0) is 11.3. The second-order valence-corrected chi connectivity index (χ2v) is 2.67. The molecular formula is C8H8N4O3. The normalized spacial score (nSPS) is 9.27. The fourth-order valence-corrected chi connectivity index (χ4v) is 0.917. The first-order valence-electron chi connectivity index (χ1n) is 4.07. The van der Waals surface area contributed by atoms with Gasteiger partial charge in [0.15, 0.2) is 0 Å². The van der Waals surface area contributed by atoms with Crippen LogP contribution in [0.15, 0.2) is 21.9 Å². The predicted molar refractivity (Wildman–Crippen MR) is 49.9 cm³/mol. The van der Waals surface area contributed by atoms with Gasteiger partial charge in [-0.15, -0.1) is 0 Å². The Balaban J connectivity index is 2.74. The van der Waals surface area contributed by atoms with E-state index in [1.807, 2.05) is 4.98 Å². The van der Waals surface area contributed by atoms with Crippen LogP contribution in [0.2, 0.25) is 0 Å². The van der Waals surface area contributed by atoms with Gasteiger partial charge in [-0.1, -0.05) is 0 Å². The van der Waals surface area contributed by atoms with Gasteiger partial charge < -0.3 is 5.32 Å². The smallest absolute Gasteiger partial charge is 0.328 e. The van der Waals surface area contributed by atoms with Gasteiger partial charge in [0.05, 0.1) is 6.07 Å². The number of aromatic nitrogens is 2. The maximum absolute atomic E-state index is 11.1. The number of nitrogens with one attached hydrogen (secondary N) is 2. The molecule has 1 rings (SSSR count). The molecule has 0 aliphatic rings.